The van der Waals surface area contributed by atoms with Crippen LogP contribution in [0.15, 0.2) is 33.6 Å². The summed E-state index contributed by atoms with van der Waals surface area (Å²) in [6.07, 6.45) is 0. The number of hydrogen-bond acceptors (Lipinski definition) is 6. The second-order valence-corrected chi connectivity index (χ2v) is 6.06. The predicted octanol–water partition coefficient (Wildman–Crippen LogP) is 1.69. The number of aromatic nitrogens is 4. The summed E-state index contributed by atoms with van der Waals surface area (Å²) in [7, 11) is 1.58. The van der Waals surface area contributed by atoms with Gasteiger partial charge in [0.05, 0.1) is 25.9 Å². The van der Waals surface area contributed by atoms with Crippen LogP contribution in [0, 0.1) is 13.8 Å². The first-order valence-corrected chi connectivity index (χ1v) is 8.06. The van der Waals surface area contributed by atoms with Crippen LogP contribution in [0.2, 0.25) is 0 Å². The molecule has 9 heteroatoms. The molecule has 0 atom stereocenters. The number of nitrogens with zero attached hydrogens (tertiary/aromatic N) is 5. The van der Waals surface area contributed by atoms with Gasteiger partial charge in [-0.2, -0.15) is 9.67 Å². The molecule has 0 N–H and O–H groups in total. The normalized spacial score (nSPS) is 13.3. The second-order valence-electron chi connectivity index (χ2n) is 6.06. The van der Waals surface area contributed by atoms with E-state index in [1.54, 1.807) is 45.2 Å². The van der Waals surface area contributed by atoms with Crippen molar-refractivity contribution in [2.24, 2.45) is 0 Å². The zero-order valence-electron chi connectivity index (χ0n) is 14.6. The van der Waals surface area contributed by atoms with Gasteiger partial charge in [-0.15, -0.1) is 0 Å². The highest BCUT2D eigenvalue weighted by Gasteiger charge is 2.33. The first-order valence-electron chi connectivity index (χ1n) is 8.06. The van der Waals surface area contributed by atoms with Crippen molar-refractivity contribution in [2.75, 3.05) is 12.0 Å². The van der Waals surface area contributed by atoms with E-state index >= 15 is 0 Å². The Hall–Kier alpha value is -3.36. The molecule has 0 unspecified atom stereocenters. The van der Waals surface area contributed by atoms with Crippen molar-refractivity contribution in [3.63, 3.8) is 0 Å². The Morgan fingerprint density at radius 2 is 1.92 bits per heavy atom. The Kier molecular flexibility index (Phi) is 3.64. The van der Waals surface area contributed by atoms with Crippen LogP contribution in [0.1, 0.15) is 22.8 Å². The number of rotatable bonds is 4. The van der Waals surface area contributed by atoms with Crippen molar-refractivity contribution < 1.29 is 14.1 Å². The molecule has 1 amide bonds. The monoisotopic (exact) mass is 355 g/mol. The van der Waals surface area contributed by atoms with Crippen LogP contribution in [0.4, 0.5) is 10.5 Å². The number of aryl methyl sites for hydroxylation is 2. The fraction of sp³-hybridized carbons (Fsp3) is 0.294. The Bertz CT molecular complexity index is 1020. The minimum atomic E-state index is -0.471. The van der Waals surface area contributed by atoms with Gasteiger partial charge < -0.3 is 9.26 Å². The molecule has 1 aliphatic rings. The number of carbonyl (C=O) groups is 1. The molecule has 2 aromatic heterocycles. The molecular formula is C17H17N5O4. The lowest BCUT2D eigenvalue weighted by Crippen LogP contribution is -2.35. The van der Waals surface area contributed by atoms with Crippen molar-refractivity contribution >= 4 is 11.7 Å². The Morgan fingerprint density at radius 1 is 1.19 bits per heavy atom. The number of carbonyl (C=O) groups excluding carboxylic acids is 1. The molecule has 1 aromatic carbocycles. The fourth-order valence-corrected chi connectivity index (χ4v) is 3.02. The topological polar surface area (TPSA) is 95.4 Å². The molecule has 0 saturated carbocycles. The largest absolute Gasteiger partial charge is 0.497 e. The third kappa shape index (κ3) is 2.40. The van der Waals surface area contributed by atoms with Crippen LogP contribution < -0.4 is 15.3 Å². The van der Waals surface area contributed by atoms with Gasteiger partial charge in [0.2, 0.25) is 0 Å². The molecule has 0 saturated heterocycles. The van der Waals surface area contributed by atoms with Gasteiger partial charge in [0.25, 0.3) is 0 Å². The van der Waals surface area contributed by atoms with E-state index in [0.717, 1.165) is 10.1 Å². The van der Waals surface area contributed by atoms with E-state index in [1.807, 2.05) is 0 Å². The second kappa shape index (κ2) is 5.87. The van der Waals surface area contributed by atoms with E-state index in [9.17, 15) is 9.59 Å². The summed E-state index contributed by atoms with van der Waals surface area (Å²) in [4.78, 5) is 26.8. The van der Waals surface area contributed by atoms with E-state index in [-0.39, 0.29) is 13.1 Å². The van der Waals surface area contributed by atoms with Gasteiger partial charge in [0.15, 0.2) is 5.82 Å². The zero-order valence-corrected chi connectivity index (χ0v) is 14.6. The zero-order chi connectivity index (χ0) is 18.4. The quantitative estimate of drug-likeness (QED) is 0.707. The third-order valence-corrected chi connectivity index (χ3v) is 4.50. The van der Waals surface area contributed by atoms with Gasteiger partial charge in [0.1, 0.15) is 11.5 Å². The smallest absolute Gasteiger partial charge is 0.354 e. The van der Waals surface area contributed by atoms with Crippen molar-refractivity contribution in [3.05, 3.63) is 57.6 Å². The molecule has 0 spiro atoms. The summed E-state index contributed by atoms with van der Waals surface area (Å²) in [5.41, 5.74) is 1.70. The average molecular weight is 355 g/mol. The molecule has 4 rings (SSSR count). The van der Waals surface area contributed by atoms with E-state index in [0.29, 0.717) is 28.7 Å². The first-order chi connectivity index (χ1) is 12.5. The van der Waals surface area contributed by atoms with Crippen LogP contribution in [-0.2, 0) is 13.1 Å². The standard InChI is InChI=1S/C17H17N5O4/c1-10-14(11(2)26-19-10)8-21-17(24)22-15(18-21)9-20(16(22)23)12-4-6-13(25-3)7-5-12/h4-7H,8-9H2,1-3H3. The maximum absolute atomic E-state index is 12.7. The van der Waals surface area contributed by atoms with E-state index in [1.165, 1.54) is 9.58 Å². The summed E-state index contributed by atoms with van der Waals surface area (Å²) in [6, 6.07) is 6.65. The molecule has 0 bridgehead atoms. The summed E-state index contributed by atoms with van der Waals surface area (Å²) in [5, 5.41) is 8.19. The van der Waals surface area contributed by atoms with Gasteiger partial charge in [-0.1, -0.05) is 5.16 Å². The molecule has 134 valence electrons. The van der Waals surface area contributed by atoms with Gasteiger partial charge in [0, 0.05) is 11.3 Å². The van der Waals surface area contributed by atoms with E-state index in [2.05, 4.69) is 10.3 Å². The molecule has 0 radical (unpaired) electrons. The first kappa shape index (κ1) is 16.1. The fourth-order valence-electron chi connectivity index (χ4n) is 3.02. The lowest BCUT2D eigenvalue weighted by atomic mass is 10.2. The summed E-state index contributed by atoms with van der Waals surface area (Å²) in [6.45, 7) is 4.03. The highest BCUT2D eigenvalue weighted by Crippen LogP contribution is 2.24. The van der Waals surface area contributed by atoms with Crippen molar-refractivity contribution in [3.8, 4) is 5.75 Å². The lowest BCUT2D eigenvalue weighted by Gasteiger charge is -2.15. The predicted molar refractivity (Wildman–Crippen MR) is 91.5 cm³/mol. The van der Waals surface area contributed by atoms with Gasteiger partial charge >= 0.3 is 11.7 Å². The maximum Gasteiger partial charge on any atom is 0.354 e. The molecule has 1 aliphatic heterocycles. The number of hydrogen-bond donors (Lipinski definition) is 0. The Morgan fingerprint density at radius 3 is 2.50 bits per heavy atom. The van der Waals surface area contributed by atoms with Crippen LogP contribution in [0.25, 0.3) is 0 Å². The van der Waals surface area contributed by atoms with Crippen LogP contribution in [0.3, 0.4) is 0 Å². The van der Waals surface area contributed by atoms with Crippen molar-refractivity contribution in [2.45, 2.75) is 26.9 Å². The Labute approximate surface area is 148 Å². The number of benzene rings is 1. The van der Waals surface area contributed by atoms with Crippen LogP contribution >= 0.6 is 0 Å². The molecule has 0 fully saturated rings. The minimum Gasteiger partial charge on any atom is -0.497 e. The van der Waals surface area contributed by atoms with Gasteiger partial charge in [-0.3, -0.25) is 4.90 Å². The number of methoxy groups -OCH3 is 1. The van der Waals surface area contributed by atoms with Gasteiger partial charge in [-0.05, 0) is 38.1 Å². The third-order valence-electron chi connectivity index (χ3n) is 4.50. The number of ether oxygens (including phenoxy) is 1. The number of amides is 1. The molecule has 26 heavy (non-hydrogen) atoms. The number of fused-ring (bicyclic) bond motifs is 1. The van der Waals surface area contributed by atoms with Crippen LogP contribution in [-0.4, -0.2) is 32.6 Å². The van der Waals surface area contributed by atoms with Crippen LogP contribution in [0.5, 0.6) is 5.75 Å². The lowest BCUT2D eigenvalue weighted by molar-refractivity contribution is 0.250. The molecular weight excluding hydrogens is 338 g/mol. The summed E-state index contributed by atoms with van der Waals surface area (Å²) < 4.78 is 12.6. The van der Waals surface area contributed by atoms with E-state index in [4.69, 9.17) is 9.26 Å². The average Bonchev–Trinajstić information content (AvgIpc) is 3.25. The Balaban J connectivity index is 1.63. The molecule has 9 nitrogen and oxygen atoms in total. The van der Waals surface area contributed by atoms with Crippen molar-refractivity contribution in [1.29, 1.82) is 0 Å². The number of anilines is 1. The highest BCUT2D eigenvalue weighted by molar-refractivity contribution is 5.96. The van der Waals surface area contributed by atoms with Crippen molar-refractivity contribution in [1.82, 2.24) is 19.5 Å². The van der Waals surface area contributed by atoms with Gasteiger partial charge in [-0.25, -0.2) is 14.3 Å². The molecule has 3 heterocycles. The summed E-state index contributed by atoms with van der Waals surface area (Å²) >= 11 is 0. The molecule has 3 aromatic rings. The van der Waals surface area contributed by atoms with E-state index < -0.39 is 11.7 Å². The molecule has 0 aliphatic carbocycles. The minimum absolute atomic E-state index is 0.218. The maximum atomic E-state index is 12.7. The summed E-state index contributed by atoms with van der Waals surface area (Å²) in [5.74, 6) is 1.73. The SMILES string of the molecule is COc1ccc(N2Cc3nn(Cc4c(C)noc4C)c(=O)n3C2=O)cc1. The highest BCUT2D eigenvalue weighted by atomic mass is 16.5.